The number of Topliss-reactive ketones (excluding diaryl/α,β-unsaturated/α-hetero) is 3. The molecular weight excluding hydrogens is 489 g/mol. The lowest BCUT2D eigenvalue weighted by Crippen LogP contribution is -2.48. The van der Waals surface area contributed by atoms with Crippen LogP contribution in [-0.2, 0) is 0 Å². The number of anilines is 1. The topological polar surface area (TPSA) is 54.5 Å². The Morgan fingerprint density at radius 2 is 1.46 bits per heavy atom. The second kappa shape index (κ2) is 8.43. The molecule has 0 bridgehead atoms. The van der Waals surface area contributed by atoms with Gasteiger partial charge in [0.25, 0.3) is 0 Å². The minimum absolute atomic E-state index is 0.187. The number of hydrogen-bond donors (Lipinski definition) is 0. The number of nitrogens with zero attached hydrogens (tertiary/aromatic N) is 1. The van der Waals surface area contributed by atoms with Crippen molar-refractivity contribution >= 4 is 29.1 Å². The summed E-state index contributed by atoms with van der Waals surface area (Å²) in [5, 5.41) is 0. The molecule has 4 nitrogen and oxygen atoms in total. The van der Waals surface area contributed by atoms with Crippen LogP contribution in [-0.4, -0.2) is 29.4 Å². The predicted octanol–water partition coefficient (Wildman–Crippen LogP) is 6.45. The number of carbonyl (C=O) groups is 3. The molecule has 1 spiro atoms. The Labute approximate surface area is 225 Å². The monoisotopic (exact) mass is 513 g/mol. The normalized spacial score (nSPS) is 22.1. The van der Waals surface area contributed by atoms with E-state index in [0.717, 1.165) is 11.1 Å². The van der Waals surface area contributed by atoms with Crippen LogP contribution >= 0.6 is 0 Å². The zero-order valence-corrected chi connectivity index (χ0v) is 21.2. The zero-order valence-electron chi connectivity index (χ0n) is 21.2. The van der Waals surface area contributed by atoms with Gasteiger partial charge in [-0.2, -0.15) is 0 Å². The Hall–Kier alpha value is -4.64. The quantitative estimate of drug-likeness (QED) is 0.233. The molecule has 2 heterocycles. The number of aryl methyl sites for hydroxylation is 1. The fraction of sp³-hybridized carbons (Fsp3) is 0.147. The molecule has 1 saturated heterocycles. The van der Waals surface area contributed by atoms with Crippen molar-refractivity contribution in [3.8, 4) is 0 Å². The third-order valence-corrected chi connectivity index (χ3v) is 8.53. The molecule has 0 N–H and O–H groups in total. The number of ketones is 3. The van der Waals surface area contributed by atoms with Crippen molar-refractivity contribution in [2.75, 3.05) is 4.90 Å². The second-order valence-electron chi connectivity index (χ2n) is 10.6. The Morgan fingerprint density at radius 3 is 2.13 bits per heavy atom. The van der Waals surface area contributed by atoms with Gasteiger partial charge in [-0.1, -0.05) is 96.6 Å². The predicted molar refractivity (Wildman–Crippen MR) is 148 cm³/mol. The van der Waals surface area contributed by atoms with Gasteiger partial charge in [0.1, 0.15) is 17.3 Å². The van der Waals surface area contributed by atoms with E-state index in [1.165, 1.54) is 12.1 Å². The van der Waals surface area contributed by atoms with Crippen molar-refractivity contribution in [3.63, 3.8) is 0 Å². The molecule has 0 saturated carbocycles. The molecule has 2 aliphatic heterocycles. The molecule has 0 aromatic heterocycles. The number of benzene rings is 4. The second-order valence-corrected chi connectivity index (χ2v) is 10.6. The van der Waals surface area contributed by atoms with Crippen LogP contribution in [0.2, 0.25) is 0 Å². The van der Waals surface area contributed by atoms with Crippen molar-refractivity contribution < 1.29 is 18.8 Å². The minimum atomic E-state index is -1.56. The number of halogens is 1. The molecule has 0 amide bonds. The van der Waals surface area contributed by atoms with Crippen molar-refractivity contribution in [2.45, 2.75) is 24.9 Å². The molecule has 1 aliphatic carbocycles. The Morgan fingerprint density at radius 1 is 0.821 bits per heavy atom. The summed E-state index contributed by atoms with van der Waals surface area (Å²) in [6.07, 6.45) is 3.58. The van der Waals surface area contributed by atoms with Crippen molar-refractivity contribution in [3.05, 3.63) is 142 Å². The molecule has 190 valence electrons. The minimum Gasteiger partial charge on any atom is -0.352 e. The Bertz CT molecular complexity index is 1670. The summed E-state index contributed by atoms with van der Waals surface area (Å²) in [4.78, 5) is 45.5. The molecule has 5 heteroatoms. The number of rotatable bonds is 3. The van der Waals surface area contributed by atoms with E-state index in [-0.39, 0.29) is 17.3 Å². The average Bonchev–Trinajstić information content (AvgIpc) is 3.39. The van der Waals surface area contributed by atoms with E-state index in [9.17, 15) is 18.8 Å². The van der Waals surface area contributed by atoms with E-state index in [1.54, 1.807) is 48.5 Å². The summed E-state index contributed by atoms with van der Waals surface area (Å²) in [6.45, 7) is 1.95. The van der Waals surface area contributed by atoms with Gasteiger partial charge in [-0.25, -0.2) is 4.39 Å². The summed E-state index contributed by atoms with van der Waals surface area (Å²) < 4.78 is 14.3. The maximum absolute atomic E-state index is 14.5. The van der Waals surface area contributed by atoms with E-state index >= 15 is 0 Å². The van der Waals surface area contributed by atoms with Crippen LogP contribution in [0, 0.1) is 18.2 Å². The van der Waals surface area contributed by atoms with Gasteiger partial charge < -0.3 is 4.90 Å². The number of fused-ring (bicyclic) bond motifs is 5. The zero-order chi connectivity index (χ0) is 26.9. The first kappa shape index (κ1) is 23.5. The maximum Gasteiger partial charge on any atom is 0.185 e. The Balaban J connectivity index is 1.54. The molecule has 39 heavy (non-hydrogen) atoms. The first-order valence-corrected chi connectivity index (χ1v) is 13.0. The molecule has 7 rings (SSSR count). The summed E-state index contributed by atoms with van der Waals surface area (Å²) in [6, 6.07) is 26.5. The van der Waals surface area contributed by atoms with Crippen LogP contribution in [0.1, 0.15) is 53.7 Å². The summed E-state index contributed by atoms with van der Waals surface area (Å²) in [7, 11) is 0. The lowest BCUT2D eigenvalue weighted by atomic mass is 9.64. The molecule has 0 radical (unpaired) electrons. The van der Waals surface area contributed by atoms with Crippen molar-refractivity contribution in [1.29, 1.82) is 0 Å². The van der Waals surface area contributed by atoms with Gasteiger partial charge >= 0.3 is 0 Å². The van der Waals surface area contributed by atoms with Gasteiger partial charge in [-0.05, 0) is 30.7 Å². The highest BCUT2D eigenvalue weighted by molar-refractivity contribution is 6.32. The molecule has 4 aromatic rings. The van der Waals surface area contributed by atoms with E-state index < -0.39 is 29.2 Å². The number of carbonyl (C=O) groups excluding carboxylic acids is 3. The standard InChI is InChI=1S/C34H24FNO3/c1-20-11-13-22(14-12-20)31(37)30-29(21-7-3-2-4-8-21)34(32(38)25-9-5-6-10-26(25)33(34)39)28-18-15-23-19-24(35)16-17-27(23)36(28)30/h2-19,28-30H,1H3/t28?,29-,30+/m0/s1. The highest BCUT2D eigenvalue weighted by Gasteiger charge is 2.71. The highest BCUT2D eigenvalue weighted by atomic mass is 19.1. The average molecular weight is 514 g/mol. The van der Waals surface area contributed by atoms with Gasteiger partial charge in [0.2, 0.25) is 0 Å². The van der Waals surface area contributed by atoms with Crippen LogP contribution in [0.25, 0.3) is 6.08 Å². The first-order chi connectivity index (χ1) is 18.9. The van der Waals surface area contributed by atoms with Gasteiger partial charge in [-0.15, -0.1) is 0 Å². The fourth-order valence-corrected chi connectivity index (χ4v) is 6.87. The summed E-state index contributed by atoms with van der Waals surface area (Å²) in [5.41, 5.74) is 2.69. The van der Waals surface area contributed by atoms with E-state index in [4.69, 9.17) is 0 Å². The van der Waals surface area contributed by atoms with Crippen LogP contribution in [0.3, 0.4) is 0 Å². The maximum atomic E-state index is 14.5. The van der Waals surface area contributed by atoms with Crippen LogP contribution in [0.4, 0.5) is 10.1 Å². The smallest absolute Gasteiger partial charge is 0.185 e. The van der Waals surface area contributed by atoms with E-state index in [2.05, 4.69) is 0 Å². The highest BCUT2D eigenvalue weighted by Crippen LogP contribution is 2.60. The first-order valence-electron chi connectivity index (χ1n) is 13.0. The lowest BCUT2D eigenvalue weighted by Gasteiger charge is -2.37. The van der Waals surface area contributed by atoms with Gasteiger partial charge in [0.05, 0.1) is 6.04 Å². The third kappa shape index (κ3) is 3.13. The van der Waals surface area contributed by atoms with Crippen molar-refractivity contribution in [2.24, 2.45) is 5.41 Å². The van der Waals surface area contributed by atoms with Gasteiger partial charge in [0, 0.05) is 33.9 Å². The number of hydrogen-bond acceptors (Lipinski definition) is 4. The third-order valence-electron chi connectivity index (χ3n) is 8.53. The lowest BCUT2D eigenvalue weighted by molar-refractivity contribution is 0.0666. The fourth-order valence-electron chi connectivity index (χ4n) is 6.87. The molecule has 3 aliphatic rings. The molecule has 1 fully saturated rings. The Kier molecular flexibility index (Phi) is 5.08. The van der Waals surface area contributed by atoms with E-state index in [0.29, 0.717) is 27.9 Å². The van der Waals surface area contributed by atoms with Crippen LogP contribution in [0.15, 0.2) is 103 Å². The van der Waals surface area contributed by atoms with Crippen LogP contribution in [0.5, 0.6) is 0 Å². The summed E-state index contributed by atoms with van der Waals surface area (Å²) >= 11 is 0. The molecule has 3 atom stereocenters. The molecule has 1 unspecified atom stereocenters. The summed E-state index contributed by atoms with van der Waals surface area (Å²) in [5.74, 6) is -1.91. The van der Waals surface area contributed by atoms with E-state index in [1.807, 2.05) is 60.4 Å². The van der Waals surface area contributed by atoms with Crippen molar-refractivity contribution in [1.82, 2.24) is 0 Å². The van der Waals surface area contributed by atoms with Gasteiger partial charge in [-0.3, -0.25) is 14.4 Å². The largest absolute Gasteiger partial charge is 0.352 e. The van der Waals surface area contributed by atoms with Crippen LogP contribution < -0.4 is 4.90 Å². The SMILES string of the molecule is Cc1ccc(C(=O)[C@H]2[C@H](c3ccccc3)C3(C(=O)c4ccccc4C3=O)C3C=Cc4cc(F)ccc4N32)cc1. The molecule has 4 aromatic carbocycles. The van der Waals surface area contributed by atoms with Gasteiger partial charge in [0.15, 0.2) is 17.3 Å². The molecular formula is C34H24FNO3.